The van der Waals surface area contributed by atoms with Crippen LogP contribution in [0.4, 0.5) is 17.6 Å². The van der Waals surface area contributed by atoms with E-state index in [1.54, 1.807) is 0 Å². The summed E-state index contributed by atoms with van der Waals surface area (Å²) < 4.78 is 84.9. The molecule has 0 saturated heterocycles. The maximum absolute atomic E-state index is 14.1. The standard InChI is InChI=1S/C18H25F4NO4S/c1-4-9-23(12(5-2)6-3)13-10-14-16(27-28(24,25)18(20,21)22)8-7-15(19)17(14)26-11-13/h7-8,12-13H,4-6,9-11H2,1-3H3. The van der Waals surface area contributed by atoms with Gasteiger partial charge in [-0.3, -0.25) is 4.90 Å². The van der Waals surface area contributed by atoms with Gasteiger partial charge in [-0.15, -0.1) is 0 Å². The fourth-order valence-corrected chi connectivity index (χ4v) is 4.03. The summed E-state index contributed by atoms with van der Waals surface area (Å²) in [5.41, 5.74) is -5.58. The molecule has 0 aromatic heterocycles. The normalized spacial score (nSPS) is 17.5. The Balaban J connectivity index is 2.40. The number of hydrogen-bond donors (Lipinski definition) is 0. The molecule has 10 heteroatoms. The van der Waals surface area contributed by atoms with E-state index in [0.717, 1.165) is 37.9 Å². The largest absolute Gasteiger partial charge is 0.534 e. The van der Waals surface area contributed by atoms with Crippen molar-refractivity contribution in [3.05, 3.63) is 23.5 Å². The van der Waals surface area contributed by atoms with Gasteiger partial charge in [0, 0.05) is 17.6 Å². The number of benzene rings is 1. The number of hydrogen-bond acceptors (Lipinski definition) is 5. The van der Waals surface area contributed by atoms with Crippen LogP contribution in [0.25, 0.3) is 0 Å². The van der Waals surface area contributed by atoms with Crippen LogP contribution in [0, 0.1) is 5.82 Å². The van der Waals surface area contributed by atoms with Gasteiger partial charge in [0.1, 0.15) is 12.4 Å². The molecule has 5 nitrogen and oxygen atoms in total. The average Bonchev–Trinajstić information content (AvgIpc) is 2.63. The predicted octanol–water partition coefficient (Wildman–Crippen LogP) is 4.26. The van der Waals surface area contributed by atoms with Crippen LogP contribution in [0.15, 0.2) is 12.1 Å². The average molecular weight is 427 g/mol. The van der Waals surface area contributed by atoms with Crippen molar-refractivity contribution in [2.75, 3.05) is 13.2 Å². The van der Waals surface area contributed by atoms with E-state index in [9.17, 15) is 26.0 Å². The second kappa shape index (κ2) is 8.86. The van der Waals surface area contributed by atoms with Crippen LogP contribution in [0.2, 0.25) is 0 Å². The third-order valence-corrected chi connectivity index (χ3v) is 5.84. The molecular weight excluding hydrogens is 402 g/mol. The molecule has 0 spiro atoms. The molecular formula is C18H25F4NO4S. The summed E-state index contributed by atoms with van der Waals surface area (Å²) in [5.74, 6) is -1.58. The van der Waals surface area contributed by atoms with Crippen molar-refractivity contribution in [1.82, 2.24) is 4.90 Å². The number of rotatable bonds is 8. The van der Waals surface area contributed by atoms with E-state index in [1.807, 2.05) is 20.8 Å². The van der Waals surface area contributed by atoms with Crippen LogP contribution in [0.1, 0.15) is 45.6 Å². The molecule has 1 atom stereocenters. The van der Waals surface area contributed by atoms with Crippen molar-refractivity contribution in [3.8, 4) is 11.5 Å². The van der Waals surface area contributed by atoms with Crippen molar-refractivity contribution in [2.24, 2.45) is 0 Å². The van der Waals surface area contributed by atoms with Gasteiger partial charge in [0.15, 0.2) is 11.6 Å². The number of fused-ring (bicyclic) bond motifs is 1. The zero-order valence-corrected chi connectivity index (χ0v) is 16.9. The van der Waals surface area contributed by atoms with Gasteiger partial charge in [0.2, 0.25) is 0 Å². The highest BCUT2D eigenvalue weighted by Gasteiger charge is 2.49. The topological polar surface area (TPSA) is 55.8 Å². The maximum Gasteiger partial charge on any atom is 0.534 e. The van der Waals surface area contributed by atoms with E-state index in [1.165, 1.54) is 0 Å². The molecule has 0 saturated carbocycles. The molecule has 0 N–H and O–H groups in total. The Kier molecular flexibility index (Phi) is 7.19. The van der Waals surface area contributed by atoms with Crippen molar-refractivity contribution in [1.29, 1.82) is 0 Å². The summed E-state index contributed by atoms with van der Waals surface area (Å²) in [6, 6.07) is 1.73. The molecule has 0 amide bonds. The Morgan fingerprint density at radius 2 is 1.89 bits per heavy atom. The second-order valence-corrected chi connectivity index (χ2v) is 8.25. The van der Waals surface area contributed by atoms with E-state index in [-0.39, 0.29) is 36.4 Å². The van der Waals surface area contributed by atoms with Crippen LogP contribution in [0.5, 0.6) is 11.5 Å². The van der Waals surface area contributed by atoms with Crippen LogP contribution >= 0.6 is 0 Å². The smallest absolute Gasteiger partial charge is 0.488 e. The summed E-state index contributed by atoms with van der Waals surface area (Å²) in [7, 11) is -5.86. The molecule has 1 aromatic rings. The summed E-state index contributed by atoms with van der Waals surface area (Å²) >= 11 is 0. The number of nitrogens with zero attached hydrogens (tertiary/aromatic N) is 1. The number of alkyl halides is 3. The molecule has 0 radical (unpaired) electrons. The highest BCUT2D eigenvalue weighted by atomic mass is 32.2. The maximum atomic E-state index is 14.1. The van der Waals surface area contributed by atoms with Gasteiger partial charge in [0.25, 0.3) is 0 Å². The third kappa shape index (κ3) is 4.71. The Hall–Kier alpha value is -1.55. The Bertz CT molecular complexity index is 779. The summed E-state index contributed by atoms with van der Waals surface area (Å²) in [5, 5.41) is 0. The summed E-state index contributed by atoms with van der Waals surface area (Å²) in [6.45, 7) is 6.99. The lowest BCUT2D eigenvalue weighted by Crippen LogP contribution is -2.49. The SMILES string of the molecule is CCCN(C(CC)CC)C1COc2c(F)ccc(OS(=O)(=O)C(F)(F)F)c2C1. The minimum Gasteiger partial charge on any atom is -0.488 e. The molecule has 1 aliphatic heterocycles. The lowest BCUT2D eigenvalue weighted by atomic mass is 9.97. The van der Waals surface area contributed by atoms with Gasteiger partial charge < -0.3 is 8.92 Å². The van der Waals surface area contributed by atoms with Gasteiger partial charge >= 0.3 is 15.6 Å². The quantitative estimate of drug-likeness (QED) is 0.353. The first kappa shape index (κ1) is 22.7. The van der Waals surface area contributed by atoms with E-state index in [2.05, 4.69) is 9.08 Å². The van der Waals surface area contributed by atoms with E-state index >= 15 is 0 Å². The fraction of sp³-hybridized carbons (Fsp3) is 0.667. The van der Waals surface area contributed by atoms with Gasteiger partial charge in [-0.2, -0.15) is 21.6 Å². The highest BCUT2D eigenvalue weighted by Crippen LogP contribution is 2.39. The first-order valence-corrected chi connectivity index (χ1v) is 10.7. The van der Waals surface area contributed by atoms with Crippen molar-refractivity contribution in [2.45, 2.75) is 64.0 Å². The zero-order valence-electron chi connectivity index (χ0n) is 16.1. The number of halogens is 4. The highest BCUT2D eigenvalue weighted by molar-refractivity contribution is 7.88. The molecule has 1 aromatic carbocycles. The van der Waals surface area contributed by atoms with Crippen molar-refractivity contribution in [3.63, 3.8) is 0 Å². The molecule has 1 aliphatic rings. The first-order valence-electron chi connectivity index (χ1n) is 9.26. The number of ether oxygens (including phenoxy) is 1. The van der Waals surface area contributed by atoms with E-state index < -0.39 is 27.2 Å². The molecule has 0 fully saturated rings. The van der Waals surface area contributed by atoms with Crippen LogP contribution in [-0.4, -0.2) is 44.1 Å². The lowest BCUT2D eigenvalue weighted by molar-refractivity contribution is -0.0500. The van der Waals surface area contributed by atoms with Crippen molar-refractivity contribution >= 4 is 10.1 Å². The molecule has 0 aliphatic carbocycles. The summed E-state index contributed by atoms with van der Waals surface area (Å²) in [4.78, 5) is 2.19. The monoisotopic (exact) mass is 427 g/mol. The van der Waals surface area contributed by atoms with Crippen LogP contribution in [-0.2, 0) is 16.5 Å². The van der Waals surface area contributed by atoms with Crippen molar-refractivity contribution < 1.29 is 34.9 Å². The summed E-state index contributed by atoms with van der Waals surface area (Å²) in [6.07, 6.45) is 2.73. The minimum atomic E-state index is -5.86. The van der Waals surface area contributed by atoms with E-state index in [4.69, 9.17) is 4.74 Å². The molecule has 0 bridgehead atoms. The minimum absolute atomic E-state index is 0.00358. The van der Waals surface area contributed by atoms with E-state index in [0.29, 0.717) is 0 Å². The van der Waals surface area contributed by atoms with Crippen LogP contribution in [0.3, 0.4) is 0 Å². The fourth-order valence-electron chi connectivity index (χ4n) is 3.54. The molecule has 160 valence electrons. The molecule has 1 unspecified atom stereocenters. The second-order valence-electron chi connectivity index (χ2n) is 6.71. The first-order chi connectivity index (χ1) is 13.1. The Labute approximate surface area is 162 Å². The van der Waals surface area contributed by atoms with Crippen LogP contribution < -0.4 is 8.92 Å². The third-order valence-electron chi connectivity index (χ3n) is 4.87. The molecule has 28 heavy (non-hydrogen) atoms. The molecule has 2 rings (SSSR count). The van der Waals surface area contributed by atoms with Gasteiger partial charge in [-0.05, 0) is 44.4 Å². The molecule has 1 heterocycles. The van der Waals surface area contributed by atoms with Gasteiger partial charge in [-0.25, -0.2) is 4.39 Å². The Morgan fingerprint density at radius 3 is 2.43 bits per heavy atom. The van der Waals surface area contributed by atoms with Gasteiger partial charge in [-0.1, -0.05) is 20.8 Å². The lowest BCUT2D eigenvalue weighted by Gasteiger charge is -2.40. The van der Waals surface area contributed by atoms with Gasteiger partial charge in [0.05, 0.1) is 0 Å². The zero-order chi connectivity index (χ0) is 21.1. The predicted molar refractivity (Wildman–Crippen MR) is 96.4 cm³/mol. The Morgan fingerprint density at radius 1 is 1.25 bits per heavy atom.